The lowest BCUT2D eigenvalue weighted by atomic mass is 9.92. The molecular formula is C34H36FNO3. The van der Waals surface area contributed by atoms with Gasteiger partial charge in [0.2, 0.25) is 5.91 Å². The molecule has 1 saturated carbocycles. The molecule has 1 fully saturated rings. The molecule has 1 aliphatic rings. The molecular weight excluding hydrogens is 489 g/mol. The van der Waals surface area contributed by atoms with E-state index in [9.17, 15) is 19.1 Å². The average molecular weight is 526 g/mol. The lowest BCUT2D eigenvalue weighted by Gasteiger charge is -2.26. The Labute approximate surface area is 230 Å². The zero-order valence-electron chi connectivity index (χ0n) is 22.6. The Bertz CT molecular complexity index is 1350. The van der Waals surface area contributed by atoms with Crippen molar-refractivity contribution in [1.82, 2.24) is 0 Å². The number of nitrogens with zero attached hydrogens (tertiary/aromatic N) is 1. The maximum absolute atomic E-state index is 14.3. The molecule has 1 aliphatic carbocycles. The van der Waals surface area contributed by atoms with Crippen LogP contribution in [-0.2, 0) is 17.8 Å². The first-order valence-corrected chi connectivity index (χ1v) is 13.9. The quantitative estimate of drug-likeness (QED) is 0.258. The van der Waals surface area contributed by atoms with Gasteiger partial charge in [-0.1, -0.05) is 81.3 Å². The van der Waals surface area contributed by atoms with Crippen LogP contribution in [0.5, 0.6) is 0 Å². The van der Waals surface area contributed by atoms with Gasteiger partial charge in [0.15, 0.2) is 0 Å². The van der Waals surface area contributed by atoms with Crippen LogP contribution in [0.3, 0.4) is 0 Å². The highest BCUT2D eigenvalue weighted by Gasteiger charge is 2.24. The topological polar surface area (TPSA) is 57.6 Å². The van der Waals surface area contributed by atoms with E-state index in [4.69, 9.17) is 6.42 Å². The summed E-state index contributed by atoms with van der Waals surface area (Å²) in [7, 11) is 0. The number of carbonyl (C=O) groups excluding carboxylic acids is 1. The van der Waals surface area contributed by atoms with Gasteiger partial charge in [-0.25, -0.2) is 9.18 Å². The standard InChI is InChI=1S/C34H36FNO3/c1-3-5-9-25-14-17-27(18-15-25)33-26(4-2)12-8-13-28(33)23-36(32(37)21-16-24-10-6-7-11-24)29-19-20-31(35)30(22-29)34(38)39/h2,8,12-15,17-20,22,24H,3,5-7,9-11,16,21,23H2,1H3,(H,38,39). The van der Waals surface area contributed by atoms with Crippen LogP contribution in [0.1, 0.15) is 85.3 Å². The number of carboxylic acid groups (broad SMARTS) is 1. The number of benzene rings is 3. The van der Waals surface area contributed by atoms with E-state index < -0.39 is 17.3 Å². The van der Waals surface area contributed by atoms with Crippen molar-refractivity contribution in [2.75, 3.05) is 4.90 Å². The van der Waals surface area contributed by atoms with Gasteiger partial charge in [0.1, 0.15) is 5.82 Å². The number of hydrogen-bond donors (Lipinski definition) is 1. The lowest BCUT2D eigenvalue weighted by molar-refractivity contribution is -0.119. The van der Waals surface area contributed by atoms with Crippen LogP contribution in [0, 0.1) is 24.1 Å². The minimum Gasteiger partial charge on any atom is -0.478 e. The van der Waals surface area contributed by atoms with Gasteiger partial charge >= 0.3 is 5.97 Å². The van der Waals surface area contributed by atoms with E-state index in [1.165, 1.54) is 30.5 Å². The molecule has 0 heterocycles. The molecule has 0 spiro atoms. The maximum Gasteiger partial charge on any atom is 0.338 e. The Morgan fingerprint density at radius 1 is 1.08 bits per heavy atom. The van der Waals surface area contributed by atoms with Gasteiger partial charge in [0.05, 0.1) is 12.1 Å². The number of rotatable bonds is 11. The minimum absolute atomic E-state index is 0.114. The van der Waals surface area contributed by atoms with Crippen LogP contribution in [0.15, 0.2) is 60.7 Å². The lowest BCUT2D eigenvalue weighted by Crippen LogP contribution is -2.31. The van der Waals surface area contributed by atoms with Crippen molar-refractivity contribution in [2.24, 2.45) is 5.92 Å². The summed E-state index contributed by atoms with van der Waals surface area (Å²) in [5.74, 6) is 1.01. The number of terminal acetylenes is 1. The summed E-state index contributed by atoms with van der Waals surface area (Å²) < 4.78 is 14.3. The van der Waals surface area contributed by atoms with Crippen LogP contribution in [-0.4, -0.2) is 17.0 Å². The van der Waals surface area contributed by atoms with Crippen molar-refractivity contribution in [1.29, 1.82) is 0 Å². The normalized spacial score (nSPS) is 13.3. The van der Waals surface area contributed by atoms with Crippen molar-refractivity contribution in [3.8, 4) is 23.5 Å². The fourth-order valence-electron chi connectivity index (χ4n) is 5.51. The van der Waals surface area contributed by atoms with Crippen molar-refractivity contribution >= 4 is 17.6 Å². The molecule has 3 aromatic rings. The van der Waals surface area contributed by atoms with E-state index in [1.807, 2.05) is 18.2 Å². The number of unbranched alkanes of at least 4 members (excludes halogenated alkanes) is 1. The smallest absolute Gasteiger partial charge is 0.338 e. The Kier molecular flexibility index (Phi) is 9.54. The predicted molar refractivity (Wildman–Crippen MR) is 154 cm³/mol. The van der Waals surface area contributed by atoms with Crippen molar-refractivity contribution in [2.45, 2.75) is 71.3 Å². The molecule has 0 saturated heterocycles. The monoisotopic (exact) mass is 525 g/mol. The Morgan fingerprint density at radius 3 is 2.49 bits per heavy atom. The van der Waals surface area contributed by atoms with E-state index in [0.717, 1.165) is 66.8 Å². The van der Waals surface area contributed by atoms with Gasteiger partial charge in [-0.05, 0) is 66.1 Å². The first-order chi connectivity index (χ1) is 18.9. The number of aryl methyl sites for hydroxylation is 1. The molecule has 0 bridgehead atoms. The van der Waals surface area contributed by atoms with Crippen molar-refractivity contribution in [3.05, 3.63) is 88.7 Å². The third-order valence-electron chi connectivity index (χ3n) is 7.73. The Balaban J connectivity index is 1.71. The molecule has 202 valence electrons. The highest BCUT2D eigenvalue weighted by molar-refractivity contribution is 5.96. The van der Waals surface area contributed by atoms with Gasteiger partial charge in [-0.15, -0.1) is 6.42 Å². The zero-order chi connectivity index (χ0) is 27.8. The van der Waals surface area contributed by atoms with Crippen LogP contribution >= 0.6 is 0 Å². The SMILES string of the molecule is C#Cc1cccc(CN(C(=O)CCC2CCCC2)c2ccc(F)c(C(=O)O)c2)c1-c1ccc(CCCC)cc1. The highest BCUT2D eigenvalue weighted by Crippen LogP contribution is 2.33. The summed E-state index contributed by atoms with van der Waals surface area (Å²) in [5, 5.41) is 9.52. The number of halogens is 1. The summed E-state index contributed by atoms with van der Waals surface area (Å²) >= 11 is 0. The summed E-state index contributed by atoms with van der Waals surface area (Å²) in [4.78, 5) is 26.9. The summed E-state index contributed by atoms with van der Waals surface area (Å²) in [5.41, 5.74) is 4.56. The fourth-order valence-corrected chi connectivity index (χ4v) is 5.51. The summed E-state index contributed by atoms with van der Waals surface area (Å²) in [6, 6.07) is 17.9. The number of anilines is 1. The van der Waals surface area contributed by atoms with Gasteiger partial charge in [0, 0.05) is 23.2 Å². The minimum atomic E-state index is -1.37. The van der Waals surface area contributed by atoms with Gasteiger partial charge in [0.25, 0.3) is 0 Å². The predicted octanol–water partition coefficient (Wildman–Crippen LogP) is 8.02. The average Bonchev–Trinajstić information content (AvgIpc) is 3.48. The van der Waals surface area contributed by atoms with Crippen molar-refractivity contribution < 1.29 is 19.1 Å². The number of carbonyl (C=O) groups is 2. The largest absolute Gasteiger partial charge is 0.478 e. The second-order valence-electron chi connectivity index (χ2n) is 10.4. The second kappa shape index (κ2) is 13.2. The Hall–Kier alpha value is -3.91. The number of carboxylic acids is 1. The van der Waals surface area contributed by atoms with E-state index in [-0.39, 0.29) is 12.5 Å². The maximum atomic E-state index is 14.3. The van der Waals surface area contributed by atoms with Crippen LogP contribution in [0.4, 0.5) is 10.1 Å². The van der Waals surface area contributed by atoms with Gasteiger partial charge in [-0.2, -0.15) is 0 Å². The summed E-state index contributed by atoms with van der Waals surface area (Å²) in [6.45, 7) is 2.36. The van der Waals surface area contributed by atoms with Gasteiger partial charge in [-0.3, -0.25) is 4.79 Å². The summed E-state index contributed by atoms with van der Waals surface area (Å²) in [6.07, 6.45) is 15.0. The van der Waals surface area contributed by atoms with Crippen molar-refractivity contribution in [3.63, 3.8) is 0 Å². The number of amides is 1. The van der Waals surface area contributed by atoms with Crippen LogP contribution in [0.2, 0.25) is 0 Å². The van der Waals surface area contributed by atoms with Crippen LogP contribution in [0.25, 0.3) is 11.1 Å². The van der Waals surface area contributed by atoms with E-state index >= 15 is 0 Å². The van der Waals surface area contributed by atoms with E-state index in [1.54, 1.807) is 4.90 Å². The molecule has 4 nitrogen and oxygen atoms in total. The molecule has 1 N–H and O–H groups in total. The third kappa shape index (κ3) is 6.95. The second-order valence-corrected chi connectivity index (χ2v) is 10.4. The molecule has 0 aromatic heterocycles. The zero-order valence-corrected chi connectivity index (χ0v) is 22.6. The highest BCUT2D eigenvalue weighted by atomic mass is 19.1. The molecule has 0 radical (unpaired) electrons. The van der Waals surface area contributed by atoms with E-state index in [2.05, 4.69) is 37.1 Å². The molecule has 39 heavy (non-hydrogen) atoms. The first-order valence-electron chi connectivity index (χ1n) is 13.9. The number of aromatic carboxylic acids is 1. The molecule has 4 rings (SSSR count). The van der Waals surface area contributed by atoms with E-state index in [0.29, 0.717) is 18.0 Å². The molecule has 1 amide bonds. The molecule has 0 aliphatic heterocycles. The van der Waals surface area contributed by atoms with Gasteiger partial charge < -0.3 is 10.0 Å². The van der Waals surface area contributed by atoms with Crippen LogP contribution < -0.4 is 4.90 Å². The molecule has 5 heteroatoms. The first kappa shape index (κ1) is 28.1. The number of hydrogen-bond acceptors (Lipinski definition) is 2. The molecule has 3 aromatic carbocycles. The fraction of sp³-hybridized carbons (Fsp3) is 0.353. The Morgan fingerprint density at radius 2 is 1.82 bits per heavy atom. The third-order valence-corrected chi connectivity index (χ3v) is 7.73. The molecule has 0 unspecified atom stereocenters. The molecule has 0 atom stereocenters.